The number of rotatable bonds is 10. The van der Waals surface area contributed by atoms with Gasteiger partial charge in [0.05, 0.1) is 18.3 Å². The van der Waals surface area contributed by atoms with Gasteiger partial charge >= 0.3 is 16.1 Å². The van der Waals surface area contributed by atoms with E-state index in [0.717, 1.165) is 0 Å². The van der Waals surface area contributed by atoms with Crippen LogP contribution in [0.15, 0.2) is 29.7 Å². The third-order valence-corrected chi connectivity index (χ3v) is 8.55. The number of phosphoric acid groups is 1. The molecule has 0 aromatic carbocycles. The minimum Gasteiger partial charge on any atom is -0.387 e. The number of H-pyrrole nitrogens is 1. The van der Waals surface area contributed by atoms with E-state index in [-0.39, 0.29) is 34.0 Å². The second-order valence-electron chi connectivity index (χ2n) is 9.96. The Hall–Kier alpha value is -3.50. The van der Waals surface area contributed by atoms with Crippen molar-refractivity contribution in [2.45, 2.75) is 49.1 Å². The van der Waals surface area contributed by atoms with E-state index >= 15 is 0 Å². The van der Waals surface area contributed by atoms with E-state index in [1.165, 1.54) is 34.1 Å². The summed E-state index contributed by atoms with van der Waals surface area (Å²) in [5, 5.41) is 32.2. The Bertz CT molecular complexity index is 1850. The molecule has 0 saturated carbocycles. The number of aromatic nitrogens is 7. The molecule has 45 heavy (non-hydrogen) atoms. The molecule has 4 unspecified atom stereocenters. The lowest BCUT2D eigenvalue weighted by atomic mass is 10.1. The Balaban J connectivity index is 1.20. The Morgan fingerprint density at radius 1 is 1.02 bits per heavy atom. The molecule has 2 aliphatic heterocycles. The standard InChI is InChI=1S/C21H25N9O13P2/c22-15-10-17(25-5-24-15)30(6-26-10)19-13(33)11(31)9(41-19)4-40-45(37,38)43-14-12(32)8(3-39-44(35)36)42-20(14)29-2-1-7-16(29)27-21(23)28-18(7)34/h1-2,5-6,8-9,11-14,19-20,31-33H,3-4H2,(H6-,22,23,24,25,27,28,34,35,36,37,38)/p+1/t8?,9?,11-,12-,13-,14-,19-,20-/m1/s1. The van der Waals surface area contributed by atoms with E-state index in [0.29, 0.717) is 0 Å². The Morgan fingerprint density at radius 2 is 1.76 bits per heavy atom. The molecule has 6 heterocycles. The zero-order valence-corrected chi connectivity index (χ0v) is 24.4. The molecule has 4 aromatic heterocycles. The summed E-state index contributed by atoms with van der Waals surface area (Å²) in [6.07, 6.45) is -8.28. The lowest BCUT2D eigenvalue weighted by Crippen LogP contribution is -2.36. The molecule has 0 aliphatic carbocycles. The number of aromatic amines is 1. The predicted octanol–water partition coefficient (Wildman–Crippen LogP) is -2.23. The van der Waals surface area contributed by atoms with Gasteiger partial charge in [0.25, 0.3) is 5.56 Å². The van der Waals surface area contributed by atoms with Crippen LogP contribution in [0.5, 0.6) is 0 Å². The first-order chi connectivity index (χ1) is 21.3. The molecule has 0 radical (unpaired) electrons. The molecule has 6 rings (SSSR count). The van der Waals surface area contributed by atoms with Gasteiger partial charge in [-0.1, -0.05) is 0 Å². The van der Waals surface area contributed by atoms with Crippen molar-refractivity contribution in [3.63, 3.8) is 0 Å². The van der Waals surface area contributed by atoms with Gasteiger partial charge in [0.2, 0.25) is 5.95 Å². The number of nitrogens with zero attached hydrogens (tertiary/aromatic N) is 6. The van der Waals surface area contributed by atoms with Crippen LogP contribution >= 0.6 is 16.1 Å². The van der Waals surface area contributed by atoms with Gasteiger partial charge in [-0.3, -0.25) is 23.4 Å². The number of nitrogens with two attached hydrogens (primary N) is 2. The Labute approximate surface area is 250 Å². The van der Waals surface area contributed by atoms with Gasteiger partial charge < -0.3 is 45.7 Å². The van der Waals surface area contributed by atoms with Crippen LogP contribution in [0, 0.1) is 0 Å². The number of nitrogen functional groups attached to an aromatic ring is 2. The van der Waals surface area contributed by atoms with Crippen molar-refractivity contribution in [1.82, 2.24) is 34.1 Å². The van der Waals surface area contributed by atoms with Crippen molar-refractivity contribution < 1.29 is 57.3 Å². The summed E-state index contributed by atoms with van der Waals surface area (Å²) in [4.78, 5) is 50.3. The lowest BCUT2D eigenvalue weighted by Gasteiger charge is -2.25. The molecule has 0 bridgehead atoms. The number of nitrogens with one attached hydrogen (secondary N) is 1. The third-order valence-electron chi connectivity index (χ3n) is 7.19. The first-order valence-corrected chi connectivity index (χ1v) is 15.6. The fourth-order valence-corrected chi connectivity index (χ4v) is 6.31. The number of ether oxygens (including phenoxy) is 2. The first-order valence-electron chi connectivity index (χ1n) is 12.9. The summed E-state index contributed by atoms with van der Waals surface area (Å²) in [5.74, 6) is -0.189. The molecule has 2 saturated heterocycles. The van der Waals surface area contributed by atoms with Crippen molar-refractivity contribution in [1.29, 1.82) is 0 Å². The molecule has 242 valence electrons. The van der Waals surface area contributed by atoms with Crippen LogP contribution in [-0.4, -0.2) is 109 Å². The molecular weight excluding hydrogens is 648 g/mol. The predicted molar refractivity (Wildman–Crippen MR) is 147 cm³/mol. The normalized spacial score (nSPS) is 30.3. The van der Waals surface area contributed by atoms with Gasteiger partial charge in [0.15, 0.2) is 29.6 Å². The van der Waals surface area contributed by atoms with Crippen molar-refractivity contribution in [2.24, 2.45) is 0 Å². The van der Waals surface area contributed by atoms with Crippen LogP contribution in [-0.2, 0) is 32.2 Å². The molecule has 4 aromatic rings. The highest BCUT2D eigenvalue weighted by atomic mass is 31.2. The van der Waals surface area contributed by atoms with Gasteiger partial charge in [-0.2, -0.15) is 4.98 Å². The first kappa shape index (κ1) is 31.5. The highest BCUT2D eigenvalue weighted by molar-refractivity contribution is 7.47. The van der Waals surface area contributed by atoms with Crippen molar-refractivity contribution >= 4 is 50.0 Å². The van der Waals surface area contributed by atoms with E-state index in [1.807, 2.05) is 0 Å². The van der Waals surface area contributed by atoms with Gasteiger partial charge in [-0.15, -0.1) is 9.42 Å². The quantitative estimate of drug-likeness (QED) is 0.0825. The Morgan fingerprint density at radius 3 is 2.51 bits per heavy atom. The second kappa shape index (κ2) is 12.0. The fourth-order valence-electron chi connectivity index (χ4n) is 5.10. The van der Waals surface area contributed by atoms with E-state index in [9.17, 15) is 34.1 Å². The third kappa shape index (κ3) is 5.94. The van der Waals surface area contributed by atoms with Crippen LogP contribution in [0.1, 0.15) is 12.5 Å². The maximum absolute atomic E-state index is 13.1. The van der Waals surface area contributed by atoms with Gasteiger partial charge in [0.1, 0.15) is 55.1 Å². The summed E-state index contributed by atoms with van der Waals surface area (Å²) in [5.41, 5.74) is 11.2. The van der Waals surface area contributed by atoms with E-state index in [4.69, 9.17) is 34.9 Å². The number of hydrogen-bond acceptors (Lipinski definition) is 17. The molecule has 2 aliphatic rings. The van der Waals surface area contributed by atoms with E-state index in [2.05, 4.69) is 29.4 Å². The van der Waals surface area contributed by atoms with Gasteiger partial charge in [-0.25, -0.2) is 19.5 Å². The van der Waals surface area contributed by atoms with E-state index < -0.39 is 83.9 Å². The average molecular weight is 674 g/mol. The molecule has 0 spiro atoms. The van der Waals surface area contributed by atoms with Gasteiger partial charge in [-0.05, 0) is 6.07 Å². The molecule has 22 nitrogen and oxygen atoms in total. The fraction of sp³-hybridized carbons (Fsp3) is 0.476. The number of imidazole rings is 1. The summed E-state index contributed by atoms with van der Waals surface area (Å²) in [7, 11) is -8.22. The summed E-state index contributed by atoms with van der Waals surface area (Å²) in [6.45, 7) is -1.41. The minimum atomic E-state index is -5.13. The zero-order valence-electron chi connectivity index (χ0n) is 22.6. The number of phosphoric ester groups is 1. The molecular formula is C21H26N9O13P2+. The summed E-state index contributed by atoms with van der Waals surface area (Å²) in [6, 6.07) is 1.35. The highest BCUT2D eigenvalue weighted by Gasteiger charge is 2.51. The van der Waals surface area contributed by atoms with Crippen LogP contribution in [0.2, 0.25) is 0 Å². The topological polar surface area (TPSA) is 328 Å². The van der Waals surface area contributed by atoms with Crippen LogP contribution in [0.25, 0.3) is 22.2 Å². The smallest absolute Gasteiger partial charge is 0.387 e. The van der Waals surface area contributed by atoms with Crippen LogP contribution < -0.4 is 17.0 Å². The van der Waals surface area contributed by atoms with Crippen LogP contribution in [0.3, 0.4) is 0 Å². The summed E-state index contributed by atoms with van der Waals surface area (Å²) < 4.78 is 53.2. The minimum absolute atomic E-state index is 0.0351. The SMILES string of the molecule is Nc1nc2c(ccn2[C@@H]2OC(CO[P+](=O)O)[C@@H](O)[C@H]2OP(=O)(O)OCC2O[C@@H](n3cnc4c(N)ncnc43)[C@H](O)[C@@H]2O)c(=O)[nH]1. The van der Waals surface area contributed by atoms with E-state index in [1.54, 1.807) is 0 Å². The molecule has 24 heteroatoms. The highest BCUT2D eigenvalue weighted by Crippen LogP contribution is 2.50. The monoisotopic (exact) mass is 674 g/mol. The number of aliphatic hydroxyl groups is 3. The largest absolute Gasteiger partial charge is 0.694 e. The Kier molecular flexibility index (Phi) is 8.41. The number of anilines is 2. The number of hydrogen-bond donors (Lipinski definition) is 8. The van der Waals surface area contributed by atoms with Crippen molar-refractivity contribution in [2.75, 3.05) is 24.7 Å². The van der Waals surface area contributed by atoms with Crippen molar-refractivity contribution in [3.05, 3.63) is 35.3 Å². The lowest BCUT2D eigenvalue weighted by molar-refractivity contribution is -0.0608. The number of aliphatic hydroxyl groups excluding tert-OH is 3. The maximum atomic E-state index is 13.1. The van der Waals surface area contributed by atoms with Crippen LogP contribution in [0.4, 0.5) is 11.8 Å². The zero-order chi connectivity index (χ0) is 32.2. The van der Waals surface area contributed by atoms with Gasteiger partial charge in [0, 0.05) is 10.8 Å². The maximum Gasteiger partial charge on any atom is 0.694 e. The number of fused-ring (bicyclic) bond motifs is 2. The molecule has 10 N–H and O–H groups in total. The molecule has 10 atom stereocenters. The summed E-state index contributed by atoms with van der Waals surface area (Å²) >= 11 is 0. The van der Waals surface area contributed by atoms with Crippen molar-refractivity contribution in [3.8, 4) is 0 Å². The molecule has 2 fully saturated rings. The molecule has 0 amide bonds. The second-order valence-corrected chi connectivity index (χ2v) is 12.1. The average Bonchev–Trinajstić information content (AvgIpc) is 3.73.